The van der Waals surface area contributed by atoms with Crippen LogP contribution < -0.4 is 15.4 Å². The number of carbonyl (C=O) groups excluding carboxylic acids is 1. The number of aromatic nitrogens is 3. The zero-order valence-electron chi connectivity index (χ0n) is 18.5. The van der Waals surface area contributed by atoms with E-state index in [0.717, 1.165) is 29.0 Å². The van der Waals surface area contributed by atoms with Crippen molar-refractivity contribution < 1.29 is 22.7 Å². The van der Waals surface area contributed by atoms with Crippen molar-refractivity contribution in [3.05, 3.63) is 83.3 Å². The molecule has 0 unspecified atom stereocenters. The summed E-state index contributed by atoms with van der Waals surface area (Å²) >= 11 is 5.60. The first kappa shape index (κ1) is 24.1. The predicted octanol–water partition coefficient (Wildman–Crippen LogP) is 6.90. The van der Waals surface area contributed by atoms with E-state index in [-0.39, 0.29) is 5.69 Å². The highest BCUT2D eigenvalue weighted by atomic mass is 35.5. The van der Waals surface area contributed by atoms with E-state index in [1.54, 1.807) is 47.4 Å². The maximum absolute atomic E-state index is 13.0. The Bertz CT molecular complexity index is 1370. The molecule has 2 amide bonds. The summed E-state index contributed by atoms with van der Waals surface area (Å²) in [6, 6.07) is 10.7. The minimum atomic E-state index is -4.63. The standard InChI is InChI=1S/C24H19ClF3N5O2/c1-14-21(9-10-29-22(14)15-12-30-33(2)13-15)35-18-6-3-16(4-7-18)31-23(34)32-17-5-8-20(25)19(11-17)24(26,27)28/h3-13H,1-2H3,(H2,31,32,34). The number of rotatable bonds is 5. The molecule has 0 saturated heterocycles. The molecule has 4 rings (SSSR count). The third-order valence-corrected chi connectivity index (χ3v) is 5.33. The minimum absolute atomic E-state index is 0.0447. The van der Waals surface area contributed by atoms with Crippen molar-refractivity contribution in [2.24, 2.45) is 7.05 Å². The number of anilines is 2. The maximum Gasteiger partial charge on any atom is 0.417 e. The van der Waals surface area contributed by atoms with E-state index in [1.165, 1.54) is 6.07 Å². The summed E-state index contributed by atoms with van der Waals surface area (Å²) in [5, 5.41) is 8.64. The molecular weight excluding hydrogens is 483 g/mol. The average Bonchev–Trinajstić information content (AvgIpc) is 3.23. The first-order valence-electron chi connectivity index (χ1n) is 10.3. The Morgan fingerprint density at radius 3 is 2.40 bits per heavy atom. The lowest BCUT2D eigenvalue weighted by Crippen LogP contribution is -2.19. The molecule has 180 valence electrons. The van der Waals surface area contributed by atoms with Gasteiger partial charge < -0.3 is 15.4 Å². The van der Waals surface area contributed by atoms with Crippen LogP contribution in [0.15, 0.2) is 67.1 Å². The van der Waals surface area contributed by atoms with Crippen LogP contribution in [0.2, 0.25) is 5.02 Å². The Kier molecular flexibility index (Phi) is 6.65. The predicted molar refractivity (Wildman–Crippen MR) is 127 cm³/mol. The monoisotopic (exact) mass is 501 g/mol. The van der Waals surface area contributed by atoms with Crippen LogP contribution in [0.5, 0.6) is 11.5 Å². The molecule has 0 atom stereocenters. The molecular formula is C24H19ClF3N5O2. The Balaban J connectivity index is 1.42. The first-order chi connectivity index (χ1) is 16.6. The number of aryl methyl sites for hydroxylation is 1. The molecule has 0 aliphatic heterocycles. The van der Waals surface area contributed by atoms with Crippen LogP contribution in [0.25, 0.3) is 11.3 Å². The van der Waals surface area contributed by atoms with E-state index < -0.39 is 22.8 Å². The van der Waals surface area contributed by atoms with E-state index >= 15 is 0 Å². The Morgan fingerprint density at radius 2 is 1.74 bits per heavy atom. The van der Waals surface area contributed by atoms with Crippen molar-refractivity contribution in [2.75, 3.05) is 10.6 Å². The number of amides is 2. The van der Waals surface area contributed by atoms with E-state index in [0.29, 0.717) is 17.2 Å². The highest BCUT2D eigenvalue weighted by Crippen LogP contribution is 2.36. The minimum Gasteiger partial charge on any atom is -0.457 e. The van der Waals surface area contributed by atoms with Gasteiger partial charge >= 0.3 is 12.2 Å². The molecule has 0 aliphatic carbocycles. The van der Waals surface area contributed by atoms with Gasteiger partial charge in [0.2, 0.25) is 0 Å². The van der Waals surface area contributed by atoms with E-state index in [1.807, 2.05) is 20.2 Å². The van der Waals surface area contributed by atoms with Crippen molar-refractivity contribution >= 4 is 29.0 Å². The molecule has 2 N–H and O–H groups in total. The normalized spacial score (nSPS) is 11.3. The van der Waals surface area contributed by atoms with Crippen molar-refractivity contribution in [3.63, 3.8) is 0 Å². The lowest BCUT2D eigenvalue weighted by Gasteiger charge is -2.13. The van der Waals surface area contributed by atoms with Gasteiger partial charge in [-0.1, -0.05) is 11.6 Å². The van der Waals surface area contributed by atoms with Gasteiger partial charge in [0.25, 0.3) is 0 Å². The molecule has 0 radical (unpaired) electrons. The average molecular weight is 502 g/mol. The lowest BCUT2D eigenvalue weighted by molar-refractivity contribution is -0.137. The van der Waals surface area contributed by atoms with Gasteiger partial charge in [-0.25, -0.2) is 4.79 Å². The molecule has 2 aromatic heterocycles. The number of pyridine rings is 1. The van der Waals surface area contributed by atoms with Gasteiger partial charge in [0.15, 0.2) is 0 Å². The Morgan fingerprint density at radius 1 is 1.06 bits per heavy atom. The molecule has 0 spiro atoms. The zero-order chi connectivity index (χ0) is 25.2. The Labute approximate surface area is 203 Å². The van der Waals surface area contributed by atoms with Gasteiger partial charge in [-0.3, -0.25) is 9.67 Å². The molecule has 7 nitrogen and oxygen atoms in total. The lowest BCUT2D eigenvalue weighted by atomic mass is 10.1. The van der Waals surface area contributed by atoms with Crippen molar-refractivity contribution in [1.29, 1.82) is 0 Å². The maximum atomic E-state index is 13.0. The van der Waals surface area contributed by atoms with Crippen LogP contribution in [0.3, 0.4) is 0 Å². The molecule has 0 fully saturated rings. The van der Waals surface area contributed by atoms with Gasteiger partial charge in [0.05, 0.1) is 22.5 Å². The zero-order valence-corrected chi connectivity index (χ0v) is 19.3. The van der Waals surface area contributed by atoms with Crippen LogP contribution in [-0.4, -0.2) is 20.8 Å². The van der Waals surface area contributed by atoms with Crippen LogP contribution in [0.1, 0.15) is 11.1 Å². The number of carbonyl (C=O) groups is 1. The summed E-state index contributed by atoms with van der Waals surface area (Å²) in [5.74, 6) is 1.13. The molecule has 2 aromatic carbocycles. The third-order valence-electron chi connectivity index (χ3n) is 5.00. The van der Waals surface area contributed by atoms with Gasteiger partial charge in [0, 0.05) is 41.9 Å². The van der Waals surface area contributed by atoms with Crippen molar-refractivity contribution in [2.45, 2.75) is 13.1 Å². The number of urea groups is 1. The smallest absolute Gasteiger partial charge is 0.417 e. The van der Waals surface area contributed by atoms with E-state index in [4.69, 9.17) is 16.3 Å². The summed E-state index contributed by atoms with van der Waals surface area (Å²) in [6.45, 7) is 1.89. The molecule has 2 heterocycles. The molecule has 0 saturated carbocycles. The second-order valence-electron chi connectivity index (χ2n) is 7.58. The number of alkyl halides is 3. The van der Waals surface area contributed by atoms with Gasteiger partial charge in [0.1, 0.15) is 11.5 Å². The first-order valence-corrected chi connectivity index (χ1v) is 10.7. The fourth-order valence-electron chi connectivity index (χ4n) is 3.31. The SMILES string of the molecule is Cc1c(Oc2ccc(NC(=O)Nc3ccc(Cl)c(C(F)(F)F)c3)cc2)ccnc1-c1cnn(C)c1. The third kappa shape index (κ3) is 5.72. The number of halogens is 4. The van der Waals surface area contributed by atoms with Crippen LogP contribution in [0.4, 0.5) is 29.3 Å². The summed E-state index contributed by atoms with van der Waals surface area (Å²) in [5.41, 5.74) is 1.80. The van der Waals surface area contributed by atoms with E-state index in [2.05, 4.69) is 20.7 Å². The number of benzene rings is 2. The molecule has 0 aliphatic rings. The highest BCUT2D eigenvalue weighted by molar-refractivity contribution is 6.31. The van der Waals surface area contributed by atoms with Gasteiger partial charge in [-0.15, -0.1) is 0 Å². The summed E-state index contributed by atoms with van der Waals surface area (Å²) in [6.07, 6.45) is 0.593. The van der Waals surface area contributed by atoms with Crippen LogP contribution >= 0.6 is 11.6 Å². The highest BCUT2D eigenvalue weighted by Gasteiger charge is 2.33. The van der Waals surface area contributed by atoms with E-state index in [9.17, 15) is 18.0 Å². The second kappa shape index (κ2) is 9.67. The fraction of sp³-hybridized carbons (Fsp3) is 0.125. The van der Waals surface area contributed by atoms with Crippen molar-refractivity contribution in [1.82, 2.24) is 14.8 Å². The van der Waals surface area contributed by atoms with Crippen LogP contribution in [-0.2, 0) is 13.2 Å². The number of ether oxygens (including phenoxy) is 1. The topological polar surface area (TPSA) is 81.1 Å². The number of nitrogens with one attached hydrogen (secondary N) is 2. The molecule has 4 aromatic rings. The van der Waals surface area contributed by atoms with Gasteiger partial charge in [-0.05, 0) is 55.5 Å². The summed E-state index contributed by atoms with van der Waals surface area (Å²) < 4.78 is 46.7. The summed E-state index contributed by atoms with van der Waals surface area (Å²) in [4.78, 5) is 16.7. The second-order valence-corrected chi connectivity index (χ2v) is 7.99. The number of nitrogens with zero attached hydrogens (tertiary/aromatic N) is 3. The number of hydrogen-bond donors (Lipinski definition) is 2. The summed E-state index contributed by atoms with van der Waals surface area (Å²) in [7, 11) is 1.82. The Hall–Kier alpha value is -4.05. The van der Waals surface area contributed by atoms with Gasteiger partial charge in [-0.2, -0.15) is 18.3 Å². The molecule has 11 heteroatoms. The molecule has 35 heavy (non-hydrogen) atoms. The van der Waals surface area contributed by atoms with Crippen molar-refractivity contribution in [3.8, 4) is 22.8 Å². The number of hydrogen-bond acceptors (Lipinski definition) is 4. The molecule has 0 bridgehead atoms. The van der Waals surface area contributed by atoms with Crippen LogP contribution in [0, 0.1) is 6.92 Å². The fourth-order valence-corrected chi connectivity index (χ4v) is 3.53. The largest absolute Gasteiger partial charge is 0.457 e. The quantitative estimate of drug-likeness (QED) is 0.312.